The molecule has 1 aromatic carbocycles. The Bertz CT molecular complexity index is 664. The highest BCUT2D eigenvalue weighted by atomic mass is 32.2. The molecule has 0 radical (unpaired) electrons. The SMILES string of the molecule is Cc1cc(C(=O)O)cc(NS(=O)(=O)CC2CCCCO2)c1O. The number of hydrogen-bond donors (Lipinski definition) is 3. The quantitative estimate of drug-likeness (QED) is 0.709. The number of hydrogen-bond acceptors (Lipinski definition) is 5. The summed E-state index contributed by atoms with van der Waals surface area (Å²) in [5.74, 6) is -1.69. The minimum absolute atomic E-state index is 0.0954. The molecule has 1 aliphatic rings. The highest BCUT2D eigenvalue weighted by molar-refractivity contribution is 7.92. The summed E-state index contributed by atoms with van der Waals surface area (Å²) < 4.78 is 32.0. The van der Waals surface area contributed by atoms with Gasteiger partial charge in [-0.3, -0.25) is 4.72 Å². The smallest absolute Gasteiger partial charge is 0.335 e. The van der Waals surface area contributed by atoms with Gasteiger partial charge in [-0.15, -0.1) is 0 Å². The van der Waals surface area contributed by atoms with E-state index in [1.165, 1.54) is 13.0 Å². The van der Waals surface area contributed by atoms with Crippen LogP contribution in [0.15, 0.2) is 12.1 Å². The first-order valence-electron chi connectivity index (χ1n) is 6.97. The molecule has 0 saturated carbocycles. The second kappa shape index (κ2) is 6.53. The van der Waals surface area contributed by atoms with Crippen molar-refractivity contribution in [2.24, 2.45) is 0 Å². The summed E-state index contributed by atoms with van der Waals surface area (Å²) in [6.45, 7) is 2.04. The summed E-state index contributed by atoms with van der Waals surface area (Å²) >= 11 is 0. The Morgan fingerprint density at radius 1 is 1.41 bits per heavy atom. The van der Waals surface area contributed by atoms with Crippen LogP contribution in [-0.2, 0) is 14.8 Å². The van der Waals surface area contributed by atoms with Crippen molar-refractivity contribution >= 4 is 21.7 Å². The molecule has 0 aromatic heterocycles. The molecule has 1 atom stereocenters. The fraction of sp³-hybridized carbons (Fsp3) is 0.500. The van der Waals surface area contributed by atoms with E-state index in [2.05, 4.69) is 4.72 Å². The molecule has 1 heterocycles. The molecule has 0 bridgehead atoms. The zero-order valence-corrected chi connectivity index (χ0v) is 13.0. The van der Waals surface area contributed by atoms with Crippen molar-refractivity contribution in [1.82, 2.24) is 0 Å². The van der Waals surface area contributed by atoms with Gasteiger partial charge in [0.2, 0.25) is 10.0 Å². The predicted octanol–water partition coefficient (Wildman–Crippen LogP) is 1.71. The summed E-state index contributed by atoms with van der Waals surface area (Å²) in [5.41, 5.74) is 0.0571. The molecule has 1 aliphatic heterocycles. The van der Waals surface area contributed by atoms with Crippen molar-refractivity contribution in [1.29, 1.82) is 0 Å². The molecule has 0 spiro atoms. The molecule has 3 N–H and O–H groups in total. The van der Waals surface area contributed by atoms with Gasteiger partial charge in [-0.1, -0.05) is 0 Å². The number of carboxylic acids is 1. The Balaban J connectivity index is 2.19. The number of carboxylic acid groups (broad SMARTS) is 1. The largest absolute Gasteiger partial charge is 0.505 e. The van der Waals surface area contributed by atoms with Crippen molar-refractivity contribution in [3.63, 3.8) is 0 Å². The number of anilines is 1. The number of aromatic carboxylic acids is 1. The van der Waals surface area contributed by atoms with Gasteiger partial charge in [-0.25, -0.2) is 13.2 Å². The van der Waals surface area contributed by atoms with E-state index < -0.39 is 16.0 Å². The van der Waals surface area contributed by atoms with Crippen molar-refractivity contribution in [3.8, 4) is 5.75 Å². The van der Waals surface area contributed by atoms with Crippen LogP contribution in [0.2, 0.25) is 0 Å². The molecule has 22 heavy (non-hydrogen) atoms. The highest BCUT2D eigenvalue weighted by Crippen LogP contribution is 2.30. The lowest BCUT2D eigenvalue weighted by Crippen LogP contribution is -2.31. The van der Waals surface area contributed by atoms with Crippen LogP contribution < -0.4 is 4.72 Å². The van der Waals surface area contributed by atoms with Gasteiger partial charge >= 0.3 is 5.97 Å². The van der Waals surface area contributed by atoms with Gasteiger partial charge in [-0.2, -0.15) is 0 Å². The fourth-order valence-corrected chi connectivity index (χ4v) is 3.70. The first-order chi connectivity index (χ1) is 10.3. The number of benzene rings is 1. The molecule has 7 nitrogen and oxygen atoms in total. The molecular weight excluding hydrogens is 310 g/mol. The maximum atomic E-state index is 12.2. The van der Waals surface area contributed by atoms with Gasteiger partial charge in [-0.05, 0) is 43.9 Å². The number of rotatable bonds is 5. The molecule has 1 aromatic rings. The zero-order valence-electron chi connectivity index (χ0n) is 12.2. The van der Waals surface area contributed by atoms with Crippen molar-refractivity contribution in [2.45, 2.75) is 32.3 Å². The predicted molar refractivity (Wildman–Crippen MR) is 80.8 cm³/mol. The monoisotopic (exact) mass is 329 g/mol. The van der Waals surface area contributed by atoms with Crippen LogP contribution in [0.5, 0.6) is 5.75 Å². The van der Waals surface area contributed by atoms with Crippen molar-refractivity contribution in [3.05, 3.63) is 23.3 Å². The van der Waals surface area contributed by atoms with Gasteiger partial charge in [0, 0.05) is 6.61 Å². The minimum Gasteiger partial charge on any atom is -0.505 e. The summed E-state index contributed by atoms with van der Waals surface area (Å²) in [4.78, 5) is 11.0. The summed E-state index contributed by atoms with van der Waals surface area (Å²) in [5, 5.41) is 18.9. The molecule has 1 unspecified atom stereocenters. The van der Waals surface area contributed by atoms with Crippen LogP contribution in [0.4, 0.5) is 5.69 Å². The maximum absolute atomic E-state index is 12.2. The van der Waals surface area contributed by atoms with Gasteiger partial charge < -0.3 is 14.9 Å². The maximum Gasteiger partial charge on any atom is 0.335 e. The number of aryl methyl sites for hydroxylation is 1. The molecule has 0 aliphatic carbocycles. The van der Waals surface area contributed by atoms with E-state index in [-0.39, 0.29) is 34.4 Å². The molecular formula is C14H19NO6S. The number of nitrogens with one attached hydrogen (secondary N) is 1. The number of phenolic OH excluding ortho intramolecular Hbond substituents is 1. The van der Waals surface area contributed by atoms with E-state index >= 15 is 0 Å². The van der Waals surface area contributed by atoms with E-state index in [0.29, 0.717) is 13.0 Å². The van der Waals surface area contributed by atoms with E-state index in [1.54, 1.807) is 0 Å². The first-order valence-corrected chi connectivity index (χ1v) is 8.63. The second-order valence-electron chi connectivity index (χ2n) is 5.37. The lowest BCUT2D eigenvalue weighted by atomic mass is 10.1. The Labute approximate surface area is 129 Å². The van der Waals surface area contributed by atoms with Gasteiger partial charge in [0.15, 0.2) is 0 Å². The molecule has 1 saturated heterocycles. The minimum atomic E-state index is -3.74. The Morgan fingerprint density at radius 2 is 2.14 bits per heavy atom. The lowest BCUT2D eigenvalue weighted by molar-refractivity contribution is 0.0306. The average Bonchev–Trinajstić information content (AvgIpc) is 2.43. The molecule has 2 rings (SSSR count). The molecule has 0 amide bonds. The standard InChI is InChI=1S/C14H19NO6S/c1-9-6-10(14(17)18)7-12(13(9)16)15-22(19,20)8-11-4-2-3-5-21-11/h6-7,11,15-16H,2-5,8H2,1H3,(H,17,18). The summed E-state index contributed by atoms with van der Waals surface area (Å²) in [6, 6.07) is 2.38. The van der Waals surface area contributed by atoms with Crippen LogP contribution in [-0.4, -0.2) is 43.1 Å². The average molecular weight is 329 g/mol. The van der Waals surface area contributed by atoms with Crippen LogP contribution >= 0.6 is 0 Å². The van der Waals surface area contributed by atoms with Crippen LogP contribution in [0.25, 0.3) is 0 Å². The third-order valence-corrected chi connectivity index (χ3v) is 4.83. The summed E-state index contributed by atoms with van der Waals surface area (Å²) in [7, 11) is -3.74. The fourth-order valence-electron chi connectivity index (χ4n) is 2.37. The third kappa shape index (κ3) is 4.11. The lowest BCUT2D eigenvalue weighted by Gasteiger charge is -2.22. The van der Waals surface area contributed by atoms with Gasteiger partial charge in [0.25, 0.3) is 0 Å². The number of phenols is 1. The van der Waals surface area contributed by atoms with Gasteiger partial charge in [0.05, 0.1) is 23.1 Å². The zero-order chi connectivity index (χ0) is 16.3. The number of sulfonamides is 1. The Hall–Kier alpha value is -1.80. The third-order valence-electron chi connectivity index (χ3n) is 3.49. The topological polar surface area (TPSA) is 113 Å². The Kier molecular flexibility index (Phi) is 4.92. The number of carbonyl (C=O) groups is 1. The van der Waals surface area contributed by atoms with Crippen LogP contribution in [0, 0.1) is 6.92 Å². The molecule has 1 fully saturated rings. The first kappa shape index (κ1) is 16.6. The normalized spacial score (nSPS) is 18.9. The van der Waals surface area contributed by atoms with Crippen molar-refractivity contribution < 1.29 is 28.2 Å². The second-order valence-corrected chi connectivity index (χ2v) is 7.13. The van der Waals surface area contributed by atoms with E-state index in [4.69, 9.17) is 9.84 Å². The highest BCUT2D eigenvalue weighted by Gasteiger charge is 2.23. The number of aromatic hydroxyl groups is 1. The van der Waals surface area contributed by atoms with Crippen molar-refractivity contribution in [2.75, 3.05) is 17.1 Å². The van der Waals surface area contributed by atoms with E-state index in [9.17, 15) is 18.3 Å². The van der Waals surface area contributed by atoms with E-state index in [1.807, 2.05) is 0 Å². The molecule has 8 heteroatoms. The number of ether oxygens (including phenoxy) is 1. The van der Waals surface area contributed by atoms with Crippen LogP contribution in [0.3, 0.4) is 0 Å². The van der Waals surface area contributed by atoms with Gasteiger partial charge in [0.1, 0.15) is 5.75 Å². The van der Waals surface area contributed by atoms with Crippen LogP contribution in [0.1, 0.15) is 35.2 Å². The summed E-state index contributed by atoms with van der Waals surface area (Å²) in [6.07, 6.45) is 2.13. The van der Waals surface area contributed by atoms with E-state index in [0.717, 1.165) is 18.9 Å². The Morgan fingerprint density at radius 3 is 2.73 bits per heavy atom. The molecule has 122 valence electrons.